The van der Waals surface area contributed by atoms with Gasteiger partial charge in [0.1, 0.15) is 11.4 Å². The second-order valence-corrected chi connectivity index (χ2v) is 8.90. The molecule has 0 radical (unpaired) electrons. The third kappa shape index (κ3) is 4.10. The molecule has 0 atom stereocenters. The SMILES string of the molecule is CC(C)Cc1[nH]nc(-c2ccnc(-c3cc(C(C)(C)C)[nH]n3)n2)c1C(C)C. The summed E-state index contributed by atoms with van der Waals surface area (Å²) in [6.07, 6.45) is 2.76. The standard InChI is InChI=1S/C21H30N6/c1-12(2)10-15-18(13(3)4)19(27-24-15)14-8-9-22-20(23-14)16-11-17(26-25-16)21(5,6)7/h8-9,11-13H,10H2,1-7H3,(H,24,27)(H,25,26). The van der Waals surface area contributed by atoms with Gasteiger partial charge >= 0.3 is 0 Å². The molecule has 3 heterocycles. The number of aromatic nitrogens is 6. The number of H-pyrrole nitrogens is 2. The molecule has 0 spiro atoms. The fourth-order valence-corrected chi connectivity index (χ4v) is 3.20. The second kappa shape index (κ2) is 7.25. The summed E-state index contributed by atoms with van der Waals surface area (Å²) in [5.74, 6) is 1.54. The Morgan fingerprint density at radius 3 is 2.33 bits per heavy atom. The first-order valence-corrected chi connectivity index (χ1v) is 9.63. The highest BCUT2D eigenvalue weighted by Gasteiger charge is 2.21. The summed E-state index contributed by atoms with van der Waals surface area (Å²) >= 11 is 0. The van der Waals surface area contributed by atoms with Crippen LogP contribution in [0.15, 0.2) is 18.3 Å². The van der Waals surface area contributed by atoms with Crippen LogP contribution >= 0.6 is 0 Å². The molecule has 3 rings (SSSR count). The van der Waals surface area contributed by atoms with E-state index in [0.717, 1.165) is 29.2 Å². The van der Waals surface area contributed by atoms with Gasteiger partial charge in [-0.1, -0.05) is 48.5 Å². The van der Waals surface area contributed by atoms with Crippen LogP contribution < -0.4 is 0 Å². The molecule has 0 aromatic carbocycles. The van der Waals surface area contributed by atoms with E-state index in [9.17, 15) is 0 Å². The van der Waals surface area contributed by atoms with E-state index < -0.39 is 0 Å². The smallest absolute Gasteiger partial charge is 0.180 e. The van der Waals surface area contributed by atoms with Gasteiger partial charge in [-0.25, -0.2) is 9.97 Å². The van der Waals surface area contributed by atoms with Crippen molar-refractivity contribution in [1.29, 1.82) is 0 Å². The Hall–Kier alpha value is -2.50. The van der Waals surface area contributed by atoms with Crippen LogP contribution in [0.3, 0.4) is 0 Å². The molecular weight excluding hydrogens is 336 g/mol. The van der Waals surface area contributed by atoms with Crippen molar-refractivity contribution in [2.75, 3.05) is 0 Å². The van der Waals surface area contributed by atoms with Crippen LogP contribution in [0.2, 0.25) is 0 Å². The van der Waals surface area contributed by atoms with Gasteiger partial charge in [0.15, 0.2) is 5.82 Å². The van der Waals surface area contributed by atoms with E-state index in [-0.39, 0.29) is 5.41 Å². The van der Waals surface area contributed by atoms with Gasteiger partial charge in [0.2, 0.25) is 0 Å². The number of hydrogen-bond acceptors (Lipinski definition) is 4. The fraction of sp³-hybridized carbons (Fsp3) is 0.524. The first kappa shape index (κ1) is 19.3. The summed E-state index contributed by atoms with van der Waals surface area (Å²) in [4.78, 5) is 9.20. The summed E-state index contributed by atoms with van der Waals surface area (Å²) in [5, 5.41) is 15.4. The van der Waals surface area contributed by atoms with Gasteiger partial charge in [-0.15, -0.1) is 0 Å². The quantitative estimate of drug-likeness (QED) is 0.674. The predicted octanol–water partition coefficient (Wildman–Crippen LogP) is 4.88. The predicted molar refractivity (Wildman–Crippen MR) is 109 cm³/mol. The van der Waals surface area contributed by atoms with Gasteiger partial charge in [-0.3, -0.25) is 10.2 Å². The first-order chi connectivity index (χ1) is 12.7. The highest BCUT2D eigenvalue weighted by Crippen LogP contribution is 2.31. The molecule has 0 saturated heterocycles. The molecule has 3 aromatic rings. The lowest BCUT2D eigenvalue weighted by molar-refractivity contribution is 0.567. The van der Waals surface area contributed by atoms with E-state index in [1.165, 1.54) is 11.3 Å². The molecule has 0 saturated carbocycles. The van der Waals surface area contributed by atoms with E-state index in [4.69, 9.17) is 4.98 Å². The Balaban J connectivity index is 2.01. The number of rotatable bonds is 5. The van der Waals surface area contributed by atoms with Crippen molar-refractivity contribution in [3.8, 4) is 22.9 Å². The minimum atomic E-state index is 0.00160. The zero-order valence-electron chi connectivity index (χ0n) is 17.4. The Labute approximate surface area is 161 Å². The lowest BCUT2D eigenvalue weighted by Crippen LogP contribution is -2.11. The number of hydrogen-bond donors (Lipinski definition) is 2. The van der Waals surface area contributed by atoms with Gasteiger partial charge in [-0.05, 0) is 30.4 Å². The molecule has 0 aliphatic carbocycles. The zero-order chi connectivity index (χ0) is 19.8. The van der Waals surface area contributed by atoms with Crippen molar-refractivity contribution in [3.05, 3.63) is 35.3 Å². The molecule has 0 unspecified atom stereocenters. The van der Waals surface area contributed by atoms with Gasteiger partial charge in [0, 0.05) is 28.6 Å². The van der Waals surface area contributed by atoms with E-state index in [1.54, 1.807) is 6.20 Å². The second-order valence-electron chi connectivity index (χ2n) is 8.90. The zero-order valence-corrected chi connectivity index (χ0v) is 17.4. The first-order valence-electron chi connectivity index (χ1n) is 9.63. The maximum atomic E-state index is 4.77. The van der Waals surface area contributed by atoms with E-state index in [0.29, 0.717) is 17.7 Å². The van der Waals surface area contributed by atoms with Crippen molar-refractivity contribution >= 4 is 0 Å². The maximum absolute atomic E-state index is 4.77. The summed E-state index contributed by atoms with van der Waals surface area (Å²) in [6.45, 7) is 15.3. The fourth-order valence-electron chi connectivity index (χ4n) is 3.20. The third-order valence-electron chi connectivity index (χ3n) is 4.59. The Morgan fingerprint density at radius 2 is 1.74 bits per heavy atom. The van der Waals surface area contributed by atoms with E-state index in [1.807, 2.05) is 12.1 Å². The van der Waals surface area contributed by atoms with Gasteiger partial charge < -0.3 is 0 Å². The molecule has 0 bridgehead atoms. The molecule has 2 N–H and O–H groups in total. The molecule has 6 heteroatoms. The Morgan fingerprint density at radius 1 is 1.00 bits per heavy atom. The molecule has 3 aromatic heterocycles. The molecule has 6 nitrogen and oxygen atoms in total. The van der Waals surface area contributed by atoms with Crippen LogP contribution in [0.1, 0.15) is 71.3 Å². The molecule has 0 aliphatic heterocycles. The largest absolute Gasteiger partial charge is 0.282 e. The lowest BCUT2D eigenvalue weighted by Gasteiger charge is -2.14. The van der Waals surface area contributed by atoms with Crippen molar-refractivity contribution in [1.82, 2.24) is 30.4 Å². The van der Waals surface area contributed by atoms with Crippen molar-refractivity contribution in [3.63, 3.8) is 0 Å². The summed E-state index contributed by atoms with van der Waals surface area (Å²) in [5.41, 5.74) is 6.00. The van der Waals surface area contributed by atoms with E-state index >= 15 is 0 Å². The Kier molecular flexibility index (Phi) is 5.18. The average molecular weight is 367 g/mol. The highest BCUT2D eigenvalue weighted by molar-refractivity contribution is 5.63. The van der Waals surface area contributed by atoms with Crippen molar-refractivity contribution in [2.45, 2.75) is 66.2 Å². The molecule has 0 aliphatic rings. The minimum Gasteiger partial charge on any atom is -0.282 e. The number of aromatic amines is 2. The Bertz CT molecular complexity index is 911. The molecule has 144 valence electrons. The number of nitrogens with zero attached hydrogens (tertiary/aromatic N) is 4. The van der Waals surface area contributed by atoms with E-state index in [2.05, 4.69) is 73.8 Å². The maximum Gasteiger partial charge on any atom is 0.180 e. The number of nitrogens with one attached hydrogen (secondary N) is 2. The topological polar surface area (TPSA) is 83.1 Å². The van der Waals surface area contributed by atoms with Crippen LogP contribution in [0.25, 0.3) is 22.9 Å². The van der Waals surface area contributed by atoms with Crippen LogP contribution in [0.5, 0.6) is 0 Å². The normalized spacial score (nSPS) is 12.3. The third-order valence-corrected chi connectivity index (χ3v) is 4.59. The van der Waals surface area contributed by atoms with Crippen LogP contribution in [0, 0.1) is 5.92 Å². The van der Waals surface area contributed by atoms with Crippen LogP contribution in [0.4, 0.5) is 0 Å². The molecule has 0 amide bonds. The van der Waals surface area contributed by atoms with Gasteiger partial charge in [-0.2, -0.15) is 10.2 Å². The van der Waals surface area contributed by atoms with Gasteiger partial charge in [0.25, 0.3) is 0 Å². The van der Waals surface area contributed by atoms with Crippen LogP contribution in [-0.2, 0) is 11.8 Å². The summed E-state index contributed by atoms with van der Waals surface area (Å²) in [7, 11) is 0. The lowest BCUT2D eigenvalue weighted by atomic mass is 9.92. The minimum absolute atomic E-state index is 0.00160. The average Bonchev–Trinajstić information content (AvgIpc) is 3.21. The summed E-state index contributed by atoms with van der Waals surface area (Å²) < 4.78 is 0. The van der Waals surface area contributed by atoms with Crippen LogP contribution in [-0.4, -0.2) is 30.4 Å². The van der Waals surface area contributed by atoms with Gasteiger partial charge in [0.05, 0.1) is 5.69 Å². The van der Waals surface area contributed by atoms with Crippen molar-refractivity contribution in [2.24, 2.45) is 5.92 Å². The molecule has 0 fully saturated rings. The summed E-state index contributed by atoms with van der Waals surface area (Å²) in [6, 6.07) is 3.94. The highest BCUT2D eigenvalue weighted by atomic mass is 15.2. The molecular formula is C21H30N6. The molecule has 27 heavy (non-hydrogen) atoms. The monoisotopic (exact) mass is 366 g/mol. The van der Waals surface area contributed by atoms with Crippen molar-refractivity contribution < 1.29 is 0 Å².